The van der Waals surface area contributed by atoms with Crippen LogP contribution in [0, 0.1) is 0 Å². The third kappa shape index (κ3) is 4.49. The Kier molecular flexibility index (Phi) is 6.17. The molecule has 8 heteroatoms. The Balaban J connectivity index is 1.82. The van der Waals surface area contributed by atoms with Gasteiger partial charge in [-0.15, -0.1) is 0 Å². The molecule has 8 nitrogen and oxygen atoms in total. The molecule has 0 bridgehead atoms. The standard InChI is InChI=1S/C22H20N2O6/c1-13(25)30-21-19(28-2)8-14(9-20(21)29-3)12-23-24-22(27)17-10-15-6-4-5-7-16(15)11-18(17)26/h4-12,26H,1-3H3,(H,24,27)/b23-12+. The Labute approximate surface area is 172 Å². The normalized spacial score (nSPS) is 10.8. The molecule has 0 aliphatic rings. The molecule has 3 aromatic carbocycles. The van der Waals surface area contributed by atoms with Crippen molar-refractivity contribution in [2.45, 2.75) is 6.92 Å². The molecule has 0 saturated carbocycles. The van der Waals surface area contributed by atoms with Gasteiger partial charge in [-0.25, -0.2) is 5.43 Å². The summed E-state index contributed by atoms with van der Waals surface area (Å²) in [6, 6.07) is 13.6. The lowest BCUT2D eigenvalue weighted by Gasteiger charge is -2.13. The van der Waals surface area contributed by atoms with Crippen LogP contribution in [0.1, 0.15) is 22.8 Å². The van der Waals surface area contributed by atoms with Crippen molar-refractivity contribution in [2.24, 2.45) is 5.10 Å². The van der Waals surface area contributed by atoms with Crippen LogP contribution in [0.25, 0.3) is 10.8 Å². The lowest BCUT2D eigenvalue weighted by atomic mass is 10.1. The van der Waals surface area contributed by atoms with Gasteiger partial charge in [0.05, 0.1) is 26.0 Å². The minimum absolute atomic E-state index is 0.103. The number of hydrogen-bond acceptors (Lipinski definition) is 7. The molecule has 30 heavy (non-hydrogen) atoms. The topological polar surface area (TPSA) is 106 Å². The summed E-state index contributed by atoms with van der Waals surface area (Å²) in [7, 11) is 2.85. The quantitative estimate of drug-likeness (QED) is 0.281. The number of nitrogens with one attached hydrogen (secondary N) is 1. The highest BCUT2D eigenvalue weighted by molar-refractivity contribution is 6.01. The van der Waals surface area contributed by atoms with Gasteiger partial charge in [-0.3, -0.25) is 9.59 Å². The Morgan fingerprint density at radius 2 is 1.60 bits per heavy atom. The summed E-state index contributed by atoms with van der Waals surface area (Å²) in [4.78, 5) is 23.7. The van der Waals surface area contributed by atoms with Crippen molar-refractivity contribution in [2.75, 3.05) is 14.2 Å². The van der Waals surface area contributed by atoms with Gasteiger partial charge >= 0.3 is 5.97 Å². The highest BCUT2D eigenvalue weighted by Crippen LogP contribution is 2.38. The monoisotopic (exact) mass is 408 g/mol. The van der Waals surface area contributed by atoms with E-state index >= 15 is 0 Å². The van der Waals surface area contributed by atoms with Crippen LogP contribution in [-0.2, 0) is 4.79 Å². The van der Waals surface area contributed by atoms with Crippen LogP contribution in [0.2, 0.25) is 0 Å². The molecule has 3 rings (SSSR count). The Hall–Kier alpha value is -4.07. The summed E-state index contributed by atoms with van der Waals surface area (Å²) in [5.41, 5.74) is 3.01. The predicted molar refractivity (Wildman–Crippen MR) is 112 cm³/mol. The van der Waals surface area contributed by atoms with Gasteiger partial charge in [-0.1, -0.05) is 24.3 Å². The lowest BCUT2D eigenvalue weighted by Crippen LogP contribution is -2.17. The fourth-order valence-corrected chi connectivity index (χ4v) is 2.85. The lowest BCUT2D eigenvalue weighted by molar-refractivity contribution is -0.132. The number of ether oxygens (including phenoxy) is 3. The average molecular weight is 408 g/mol. The first kappa shape index (κ1) is 20.7. The number of fused-ring (bicyclic) bond motifs is 1. The first-order valence-corrected chi connectivity index (χ1v) is 8.92. The molecule has 0 atom stereocenters. The van der Waals surface area contributed by atoms with Crippen LogP contribution >= 0.6 is 0 Å². The highest BCUT2D eigenvalue weighted by atomic mass is 16.6. The maximum Gasteiger partial charge on any atom is 0.308 e. The van der Waals surface area contributed by atoms with Crippen LogP contribution in [-0.4, -0.2) is 37.4 Å². The molecule has 0 heterocycles. The number of hydrazone groups is 1. The van der Waals surface area contributed by atoms with Crippen LogP contribution in [0.15, 0.2) is 53.6 Å². The van der Waals surface area contributed by atoms with Crippen molar-refractivity contribution in [3.8, 4) is 23.0 Å². The highest BCUT2D eigenvalue weighted by Gasteiger charge is 2.16. The first-order chi connectivity index (χ1) is 14.4. The fourth-order valence-electron chi connectivity index (χ4n) is 2.85. The van der Waals surface area contributed by atoms with Gasteiger partial charge in [0, 0.05) is 12.5 Å². The van der Waals surface area contributed by atoms with E-state index in [2.05, 4.69) is 10.5 Å². The van der Waals surface area contributed by atoms with Crippen molar-refractivity contribution in [1.29, 1.82) is 0 Å². The smallest absolute Gasteiger partial charge is 0.308 e. The molecule has 3 aromatic rings. The zero-order valence-corrected chi connectivity index (χ0v) is 16.6. The van der Waals surface area contributed by atoms with E-state index in [4.69, 9.17) is 14.2 Å². The van der Waals surface area contributed by atoms with Gasteiger partial charge in [-0.2, -0.15) is 5.10 Å². The van der Waals surface area contributed by atoms with E-state index in [1.165, 1.54) is 33.4 Å². The van der Waals surface area contributed by atoms with Gasteiger partial charge in [0.1, 0.15) is 5.75 Å². The number of methoxy groups -OCH3 is 2. The first-order valence-electron chi connectivity index (χ1n) is 8.92. The number of rotatable bonds is 6. The molecule has 0 radical (unpaired) electrons. The summed E-state index contributed by atoms with van der Waals surface area (Å²) < 4.78 is 15.6. The fraction of sp³-hybridized carbons (Fsp3) is 0.136. The van der Waals surface area contributed by atoms with Crippen molar-refractivity contribution >= 4 is 28.9 Å². The van der Waals surface area contributed by atoms with E-state index in [-0.39, 0.29) is 28.6 Å². The van der Waals surface area contributed by atoms with E-state index in [1.54, 1.807) is 18.2 Å². The number of nitrogens with zero attached hydrogens (tertiary/aromatic N) is 1. The maximum absolute atomic E-state index is 12.4. The number of amides is 1. The van der Waals surface area contributed by atoms with Crippen LogP contribution in [0.5, 0.6) is 23.0 Å². The number of carbonyl (C=O) groups excluding carboxylic acids is 2. The third-order valence-electron chi connectivity index (χ3n) is 4.22. The molecule has 154 valence electrons. The molecular weight excluding hydrogens is 388 g/mol. The van der Waals surface area contributed by atoms with Crippen LogP contribution in [0.3, 0.4) is 0 Å². The van der Waals surface area contributed by atoms with Crippen molar-refractivity contribution < 1.29 is 28.9 Å². The summed E-state index contributed by atoms with van der Waals surface area (Å²) >= 11 is 0. The van der Waals surface area contributed by atoms with E-state index in [0.717, 1.165) is 10.8 Å². The summed E-state index contributed by atoms with van der Waals surface area (Å²) in [5.74, 6) is -0.542. The van der Waals surface area contributed by atoms with Gasteiger partial charge in [0.15, 0.2) is 11.5 Å². The van der Waals surface area contributed by atoms with E-state index < -0.39 is 11.9 Å². The molecule has 0 spiro atoms. The van der Waals surface area contributed by atoms with Gasteiger partial charge in [0.25, 0.3) is 5.91 Å². The molecule has 1 amide bonds. The Morgan fingerprint density at radius 3 is 2.17 bits per heavy atom. The third-order valence-corrected chi connectivity index (χ3v) is 4.22. The predicted octanol–water partition coefficient (Wildman–Crippen LogP) is 3.25. The second kappa shape index (κ2) is 8.95. The zero-order chi connectivity index (χ0) is 21.7. The van der Waals surface area contributed by atoms with E-state index in [1.807, 2.05) is 24.3 Å². The molecular formula is C22H20N2O6. The number of hydrogen-bond donors (Lipinski definition) is 2. The molecule has 0 saturated heterocycles. The summed E-state index contributed by atoms with van der Waals surface area (Å²) in [6.07, 6.45) is 1.37. The Bertz CT molecular complexity index is 1110. The number of carbonyl (C=O) groups is 2. The SMILES string of the molecule is COc1cc(/C=N/NC(=O)c2cc3ccccc3cc2O)cc(OC)c1OC(C)=O. The number of phenolic OH excluding ortho intramolecular Hbond substituents is 1. The number of phenols is 1. The van der Waals surface area contributed by atoms with Gasteiger partial charge in [-0.05, 0) is 35.0 Å². The molecule has 0 unspecified atom stereocenters. The van der Waals surface area contributed by atoms with Gasteiger partial charge < -0.3 is 19.3 Å². The van der Waals surface area contributed by atoms with Crippen LogP contribution < -0.4 is 19.6 Å². The van der Waals surface area contributed by atoms with Crippen molar-refractivity contribution in [3.05, 3.63) is 59.7 Å². The second-order valence-corrected chi connectivity index (χ2v) is 6.26. The number of benzene rings is 3. The van der Waals surface area contributed by atoms with E-state index in [9.17, 15) is 14.7 Å². The average Bonchev–Trinajstić information content (AvgIpc) is 2.73. The largest absolute Gasteiger partial charge is 0.507 e. The van der Waals surface area contributed by atoms with E-state index in [0.29, 0.717) is 5.56 Å². The second-order valence-electron chi connectivity index (χ2n) is 6.26. The summed E-state index contributed by atoms with van der Waals surface area (Å²) in [5, 5.41) is 15.7. The Morgan fingerprint density at radius 1 is 1.00 bits per heavy atom. The summed E-state index contributed by atoms with van der Waals surface area (Å²) in [6.45, 7) is 1.27. The maximum atomic E-state index is 12.4. The van der Waals surface area contributed by atoms with Crippen LogP contribution in [0.4, 0.5) is 0 Å². The zero-order valence-electron chi connectivity index (χ0n) is 16.6. The van der Waals surface area contributed by atoms with Gasteiger partial charge in [0.2, 0.25) is 5.75 Å². The number of aromatic hydroxyl groups is 1. The van der Waals surface area contributed by atoms with Crippen molar-refractivity contribution in [3.63, 3.8) is 0 Å². The molecule has 2 N–H and O–H groups in total. The molecule has 0 aliphatic carbocycles. The molecule has 0 fully saturated rings. The molecule has 0 aromatic heterocycles. The minimum atomic E-state index is -0.565. The van der Waals surface area contributed by atoms with Crippen molar-refractivity contribution in [1.82, 2.24) is 5.43 Å². The minimum Gasteiger partial charge on any atom is -0.507 e. The molecule has 0 aliphatic heterocycles. The number of esters is 1.